The summed E-state index contributed by atoms with van der Waals surface area (Å²) in [5.74, 6) is 0.0236. The molecule has 0 aromatic heterocycles. The van der Waals surface area contributed by atoms with Crippen molar-refractivity contribution in [3.63, 3.8) is 0 Å². The van der Waals surface area contributed by atoms with Gasteiger partial charge in [-0.25, -0.2) is 0 Å². The van der Waals surface area contributed by atoms with Crippen LogP contribution in [0.1, 0.15) is 38.7 Å². The number of carbonyl (C=O) groups is 1. The minimum absolute atomic E-state index is 0.0236. The van der Waals surface area contributed by atoms with Gasteiger partial charge in [0.1, 0.15) is 6.04 Å². The van der Waals surface area contributed by atoms with E-state index in [9.17, 15) is 4.79 Å². The zero-order chi connectivity index (χ0) is 14.3. The van der Waals surface area contributed by atoms with E-state index in [0.29, 0.717) is 5.02 Å². The summed E-state index contributed by atoms with van der Waals surface area (Å²) in [5, 5.41) is 6.80. The van der Waals surface area contributed by atoms with Gasteiger partial charge >= 0.3 is 0 Å². The van der Waals surface area contributed by atoms with Crippen molar-refractivity contribution in [3.05, 3.63) is 28.8 Å². The van der Waals surface area contributed by atoms with Crippen molar-refractivity contribution in [2.24, 2.45) is 0 Å². The molecular weight excluding hydrogens is 260 g/mol. The zero-order valence-corrected chi connectivity index (χ0v) is 12.7. The number of carbonyl (C=O) groups excluding carboxylic acids is 1. The largest absolute Gasteiger partial charge is 0.374 e. The van der Waals surface area contributed by atoms with E-state index in [1.54, 1.807) is 0 Å². The lowest BCUT2D eigenvalue weighted by Gasteiger charge is -2.17. The van der Waals surface area contributed by atoms with E-state index in [2.05, 4.69) is 17.6 Å². The summed E-state index contributed by atoms with van der Waals surface area (Å²) in [4.78, 5) is 11.9. The fourth-order valence-electron chi connectivity index (χ4n) is 1.79. The molecule has 0 radical (unpaired) electrons. The highest BCUT2D eigenvalue weighted by atomic mass is 35.5. The summed E-state index contributed by atoms with van der Waals surface area (Å²) in [6, 6.07) is 5.37. The molecule has 1 aromatic carbocycles. The van der Waals surface area contributed by atoms with E-state index >= 15 is 0 Å². The van der Waals surface area contributed by atoms with Crippen LogP contribution in [-0.4, -0.2) is 18.5 Å². The molecule has 1 amide bonds. The highest BCUT2D eigenvalue weighted by Crippen LogP contribution is 2.20. The fourth-order valence-corrected chi connectivity index (χ4v) is 1.96. The van der Waals surface area contributed by atoms with Gasteiger partial charge in [-0.2, -0.15) is 0 Å². The number of halogens is 1. The maximum atomic E-state index is 11.9. The Kier molecular flexibility index (Phi) is 6.71. The molecule has 2 N–H and O–H groups in total. The lowest BCUT2D eigenvalue weighted by molar-refractivity contribution is -0.121. The Morgan fingerprint density at radius 3 is 2.79 bits per heavy atom. The van der Waals surface area contributed by atoms with Gasteiger partial charge in [-0.3, -0.25) is 4.79 Å². The van der Waals surface area contributed by atoms with Crippen molar-refractivity contribution < 1.29 is 4.79 Å². The van der Waals surface area contributed by atoms with Gasteiger partial charge in [0.2, 0.25) is 5.91 Å². The second-order valence-electron chi connectivity index (χ2n) is 4.82. The minimum Gasteiger partial charge on any atom is -0.374 e. The van der Waals surface area contributed by atoms with Gasteiger partial charge in [0.05, 0.1) is 0 Å². The van der Waals surface area contributed by atoms with Gasteiger partial charge < -0.3 is 10.6 Å². The maximum Gasteiger partial charge on any atom is 0.242 e. The van der Waals surface area contributed by atoms with E-state index in [0.717, 1.165) is 37.1 Å². The first kappa shape index (κ1) is 15.8. The Labute approximate surface area is 120 Å². The van der Waals surface area contributed by atoms with E-state index in [1.165, 1.54) is 0 Å². The molecule has 3 nitrogen and oxygen atoms in total. The lowest BCUT2D eigenvalue weighted by atomic mass is 10.2. The number of aryl methyl sites for hydroxylation is 1. The monoisotopic (exact) mass is 282 g/mol. The van der Waals surface area contributed by atoms with Crippen LogP contribution in [0.5, 0.6) is 0 Å². The van der Waals surface area contributed by atoms with E-state index < -0.39 is 0 Å². The fraction of sp³-hybridized carbons (Fsp3) is 0.533. The second kappa shape index (κ2) is 8.05. The van der Waals surface area contributed by atoms with Crippen molar-refractivity contribution in [1.29, 1.82) is 0 Å². The van der Waals surface area contributed by atoms with Crippen LogP contribution in [0.15, 0.2) is 18.2 Å². The molecule has 0 aliphatic carbocycles. The van der Waals surface area contributed by atoms with Crippen molar-refractivity contribution in [2.75, 3.05) is 11.9 Å². The van der Waals surface area contributed by atoms with Crippen LogP contribution in [0.3, 0.4) is 0 Å². The first-order chi connectivity index (χ1) is 9.04. The van der Waals surface area contributed by atoms with Crippen LogP contribution in [0, 0.1) is 6.92 Å². The van der Waals surface area contributed by atoms with Crippen molar-refractivity contribution in [1.82, 2.24) is 5.32 Å². The number of hydrogen-bond acceptors (Lipinski definition) is 2. The molecule has 0 aliphatic heterocycles. The number of anilines is 1. The van der Waals surface area contributed by atoms with Crippen molar-refractivity contribution in [3.8, 4) is 0 Å². The molecule has 4 heteroatoms. The number of nitrogens with one attached hydrogen (secondary N) is 2. The molecule has 0 aliphatic rings. The third-order valence-electron chi connectivity index (χ3n) is 3.04. The smallest absolute Gasteiger partial charge is 0.242 e. The molecule has 0 bridgehead atoms. The van der Waals surface area contributed by atoms with Crippen LogP contribution >= 0.6 is 11.6 Å². The molecule has 1 atom stereocenters. The molecular formula is C15H23ClN2O. The Balaban J connectivity index is 2.47. The predicted octanol–water partition coefficient (Wildman–Crippen LogP) is 3.76. The molecule has 0 fully saturated rings. The van der Waals surface area contributed by atoms with Gasteiger partial charge in [-0.15, -0.1) is 0 Å². The molecule has 1 aromatic rings. The van der Waals surface area contributed by atoms with E-state index in [1.807, 2.05) is 32.0 Å². The Hall–Kier alpha value is -1.22. The Morgan fingerprint density at radius 2 is 2.11 bits per heavy atom. The highest BCUT2D eigenvalue weighted by molar-refractivity contribution is 6.30. The van der Waals surface area contributed by atoms with Crippen LogP contribution in [-0.2, 0) is 4.79 Å². The average Bonchev–Trinajstić information content (AvgIpc) is 2.38. The van der Waals surface area contributed by atoms with E-state index in [-0.39, 0.29) is 11.9 Å². The third-order valence-corrected chi connectivity index (χ3v) is 3.28. The van der Waals surface area contributed by atoms with Crippen LogP contribution in [0.25, 0.3) is 0 Å². The molecule has 0 saturated heterocycles. The van der Waals surface area contributed by atoms with Gasteiger partial charge in [0.15, 0.2) is 0 Å². The Morgan fingerprint density at radius 1 is 1.37 bits per heavy atom. The molecule has 0 heterocycles. The molecule has 0 saturated carbocycles. The quantitative estimate of drug-likeness (QED) is 0.748. The first-order valence-corrected chi connectivity index (χ1v) is 7.22. The number of benzene rings is 1. The SMILES string of the molecule is CCCCCNC(=O)C(C)Nc1cc(Cl)ccc1C. The minimum atomic E-state index is -0.265. The normalized spacial score (nSPS) is 12.0. The lowest BCUT2D eigenvalue weighted by Crippen LogP contribution is -2.38. The first-order valence-electron chi connectivity index (χ1n) is 6.85. The van der Waals surface area contributed by atoms with Crippen LogP contribution < -0.4 is 10.6 Å². The predicted molar refractivity (Wildman–Crippen MR) is 81.8 cm³/mol. The molecule has 19 heavy (non-hydrogen) atoms. The standard InChI is InChI=1S/C15H23ClN2O/c1-4-5-6-9-17-15(19)12(3)18-14-10-13(16)8-7-11(14)2/h7-8,10,12,18H,4-6,9H2,1-3H3,(H,17,19). The molecule has 106 valence electrons. The summed E-state index contributed by atoms with van der Waals surface area (Å²) in [7, 11) is 0. The third kappa shape index (κ3) is 5.52. The van der Waals surface area contributed by atoms with Crippen molar-refractivity contribution in [2.45, 2.75) is 46.1 Å². The number of unbranched alkanes of at least 4 members (excludes halogenated alkanes) is 2. The van der Waals surface area contributed by atoms with Gasteiger partial charge in [-0.05, 0) is 38.0 Å². The van der Waals surface area contributed by atoms with Gasteiger partial charge in [0.25, 0.3) is 0 Å². The summed E-state index contributed by atoms with van der Waals surface area (Å²) >= 11 is 5.96. The average molecular weight is 283 g/mol. The summed E-state index contributed by atoms with van der Waals surface area (Å²) < 4.78 is 0. The summed E-state index contributed by atoms with van der Waals surface area (Å²) in [6.45, 7) is 6.74. The summed E-state index contributed by atoms with van der Waals surface area (Å²) in [6.07, 6.45) is 3.34. The molecule has 0 spiro atoms. The molecule has 1 unspecified atom stereocenters. The number of rotatable bonds is 7. The van der Waals surface area contributed by atoms with Gasteiger partial charge in [0, 0.05) is 17.3 Å². The number of amides is 1. The second-order valence-corrected chi connectivity index (χ2v) is 5.26. The number of hydrogen-bond donors (Lipinski definition) is 2. The van der Waals surface area contributed by atoms with Gasteiger partial charge in [-0.1, -0.05) is 37.4 Å². The Bertz CT molecular complexity index is 421. The molecule has 1 rings (SSSR count). The van der Waals surface area contributed by atoms with E-state index in [4.69, 9.17) is 11.6 Å². The zero-order valence-electron chi connectivity index (χ0n) is 11.9. The van der Waals surface area contributed by atoms with Crippen molar-refractivity contribution >= 4 is 23.2 Å². The van der Waals surface area contributed by atoms with Crippen LogP contribution in [0.4, 0.5) is 5.69 Å². The highest BCUT2D eigenvalue weighted by Gasteiger charge is 2.12. The maximum absolute atomic E-state index is 11.9. The van der Waals surface area contributed by atoms with Crippen LogP contribution in [0.2, 0.25) is 5.02 Å². The topological polar surface area (TPSA) is 41.1 Å². The summed E-state index contributed by atoms with van der Waals surface area (Å²) in [5.41, 5.74) is 1.98.